The number of hydrogen-bond donors (Lipinski definition) is 4. The van der Waals surface area contributed by atoms with E-state index in [1.807, 2.05) is 6.20 Å². The minimum Gasteiger partial charge on any atom is -0.383 e. The summed E-state index contributed by atoms with van der Waals surface area (Å²) in [5.41, 5.74) is 16.3. The molecule has 0 amide bonds. The lowest BCUT2D eigenvalue weighted by molar-refractivity contribution is 0.181. The Labute approximate surface area is 167 Å². The number of nitriles is 1. The van der Waals surface area contributed by atoms with Gasteiger partial charge in [0.2, 0.25) is 5.65 Å². The Bertz CT molecular complexity index is 1110. The molecule has 6 N–H and O–H groups in total. The molecule has 5 rings (SSSR count). The van der Waals surface area contributed by atoms with E-state index in [2.05, 4.69) is 31.6 Å². The third-order valence-electron chi connectivity index (χ3n) is 6.64. The second-order valence-corrected chi connectivity index (χ2v) is 8.15. The number of fused-ring (bicyclic) bond motifs is 1. The predicted octanol–water partition coefficient (Wildman–Crippen LogP) is 1.44. The molecule has 3 aromatic rings. The lowest BCUT2D eigenvalue weighted by atomic mass is 9.74. The van der Waals surface area contributed by atoms with Crippen LogP contribution in [-0.2, 0) is 0 Å². The Morgan fingerprint density at radius 2 is 2.07 bits per heavy atom. The number of H-pyrrole nitrogens is 1. The minimum absolute atomic E-state index is 0.185. The van der Waals surface area contributed by atoms with Crippen LogP contribution in [0.2, 0.25) is 0 Å². The SMILES string of the molecule is N#Cc1c(-c2[nH]nc3nc(C4CC(N)C5(CCNCC5)C4)cnc23)ccnc1N. The number of piperidine rings is 1. The summed E-state index contributed by atoms with van der Waals surface area (Å²) in [6.45, 7) is 2.06. The lowest BCUT2D eigenvalue weighted by Crippen LogP contribution is -2.45. The zero-order valence-electron chi connectivity index (χ0n) is 16.0. The Morgan fingerprint density at radius 3 is 2.86 bits per heavy atom. The minimum atomic E-state index is 0.185. The van der Waals surface area contributed by atoms with Crippen LogP contribution in [0.1, 0.15) is 42.9 Å². The highest BCUT2D eigenvalue weighted by Crippen LogP contribution is 2.50. The Morgan fingerprint density at radius 1 is 1.24 bits per heavy atom. The monoisotopic (exact) mass is 389 g/mol. The van der Waals surface area contributed by atoms with Gasteiger partial charge in [-0.2, -0.15) is 10.4 Å². The summed E-state index contributed by atoms with van der Waals surface area (Å²) in [6, 6.07) is 4.03. The van der Waals surface area contributed by atoms with Gasteiger partial charge in [0, 0.05) is 29.9 Å². The second-order valence-electron chi connectivity index (χ2n) is 8.15. The first kappa shape index (κ1) is 18.0. The standard InChI is InChI=1S/C20H23N9/c21-9-13-12(1-4-25-18(13)23)16-17-19(29-28-16)27-14(10-26-17)11-7-15(22)20(8-11)2-5-24-6-3-20/h1,4,10-11,15,24H,2-3,5-8,22H2,(H2,23,25)(H,27,28,29). The Hall–Kier alpha value is -3.09. The molecule has 1 aliphatic carbocycles. The fourth-order valence-corrected chi connectivity index (χ4v) is 5.00. The molecule has 1 saturated heterocycles. The molecule has 1 spiro atoms. The van der Waals surface area contributed by atoms with E-state index in [-0.39, 0.29) is 17.3 Å². The van der Waals surface area contributed by atoms with Crippen LogP contribution in [0.25, 0.3) is 22.4 Å². The van der Waals surface area contributed by atoms with Crippen LogP contribution < -0.4 is 16.8 Å². The number of nitrogens with two attached hydrogens (primary N) is 2. The van der Waals surface area contributed by atoms with Gasteiger partial charge in [-0.15, -0.1) is 0 Å². The molecule has 2 unspecified atom stereocenters. The molecule has 2 atom stereocenters. The summed E-state index contributed by atoms with van der Waals surface area (Å²) in [6.07, 6.45) is 7.61. The van der Waals surface area contributed by atoms with Crippen molar-refractivity contribution in [1.82, 2.24) is 30.5 Å². The van der Waals surface area contributed by atoms with Crippen molar-refractivity contribution in [3.05, 3.63) is 29.7 Å². The van der Waals surface area contributed by atoms with Crippen molar-refractivity contribution >= 4 is 17.0 Å². The number of rotatable bonds is 2. The maximum atomic E-state index is 9.45. The highest BCUT2D eigenvalue weighted by Gasteiger charge is 2.46. The zero-order valence-corrected chi connectivity index (χ0v) is 16.0. The van der Waals surface area contributed by atoms with Crippen molar-refractivity contribution in [2.75, 3.05) is 18.8 Å². The Balaban J connectivity index is 1.49. The lowest BCUT2D eigenvalue weighted by Gasteiger charge is -2.37. The van der Waals surface area contributed by atoms with Crippen LogP contribution in [0.15, 0.2) is 18.5 Å². The van der Waals surface area contributed by atoms with Crippen molar-refractivity contribution in [2.24, 2.45) is 11.1 Å². The van der Waals surface area contributed by atoms with E-state index in [0.29, 0.717) is 33.9 Å². The summed E-state index contributed by atoms with van der Waals surface area (Å²) < 4.78 is 0. The van der Waals surface area contributed by atoms with Crippen molar-refractivity contribution in [3.63, 3.8) is 0 Å². The third kappa shape index (κ3) is 2.84. The van der Waals surface area contributed by atoms with Gasteiger partial charge in [0.05, 0.1) is 11.4 Å². The van der Waals surface area contributed by atoms with Gasteiger partial charge in [-0.25, -0.2) is 15.0 Å². The fraction of sp³-hybridized carbons (Fsp3) is 0.450. The van der Waals surface area contributed by atoms with E-state index in [1.54, 1.807) is 12.3 Å². The Kier molecular flexibility index (Phi) is 4.19. The molecule has 9 heteroatoms. The van der Waals surface area contributed by atoms with Crippen LogP contribution in [0.3, 0.4) is 0 Å². The van der Waals surface area contributed by atoms with Crippen LogP contribution in [0.5, 0.6) is 0 Å². The zero-order chi connectivity index (χ0) is 20.0. The molecular formula is C20H23N9. The number of pyridine rings is 1. The molecule has 2 aliphatic rings. The van der Waals surface area contributed by atoms with Crippen molar-refractivity contribution in [1.29, 1.82) is 5.26 Å². The molecule has 3 aromatic heterocycles. The maximum Gasteiger partial charge on any atom is 0.200 e. The third-order valence-corrected chi connectivity index (χ3v) is 6.64. The van der Waals surface area contributed by atoms with Crippen LogP contribution in [0, 0.1) is 16.7 Å². The number of nitrogens with zero attached hydrogens (tertiary/aromatic N) is 5. The van der Waals surface area contributed by atoms with E-state index in [0.717, 1.165) is 44.5 Å². The first-order valence-corrected chi connectivity index (χ1v) is 9.93. The van der Waals surface area contributed by atoms with E-state index < -0.39 is 0 Å². The largest absolute Gasteiger partial charge is 0.383 e. The quantitative estimate of drug-likeness (QED) is 0.513. The van der Waals surface area contributed by atoms with Crippen LogP contribution in [-0.4, -0.2) is 44.3 Å². The van der Waals surface area contributed by atoms with Gasteiger partial charge < -0.3 is 16.8 Å². The van der Waals surface area contributed by atoms with Crippen molar-refractivity contribution in [2.45, 2.75) is 37.6 Å². The van der Waals surface area contributed by atoms with E-state index in [1.165, 1.54) is 0 Å². The van der Waals surface area contributed by atoms with Gasteiger partial charge in [0.25, 0.3) is 0 Å². The first-order chi connectivity index (χ1) is 14.1. The summed E-state index contributed by atoms with van der Waals surface area (Å²) >= 11 is 0. The number of hydrogen-bond acceptors (Lipinski definition) is 8. The molecule has 4 heterocycles. The molecule has 0 bridgehead atoms. The van der Waals surface area contributed by atoms with Gasteiger partial charge in [-0.05, 0) is 50.3 Å². The number of aromatic nitrogens is 5. The number of nitrogen functional groups attached to an aromatic ring is 1. The van der Waals surface area contributed by atoms with Gasteiger partial charge in [0.1, 0.15) is 23.0 Å². The molecule has 0 radical (unpaired) electrons. The molecule has 0 aromatic carbocycles. The summed E-state index contributed by atoms with van der Waals surface area (Å²) in [4.78, 5) is 13.4. The first-order valence-electron chi connectivity index (χ1n) is 9.93. The molecular weight excluding hydrogens is 366 g/mol. The van der Waals surface area contributed by atoms with E-state index in [9.17, 15) is 5.26 Å². The fourth-order valence-electron chi connectivity index (χ4n) is 5.00. The van der Waals surface area contributed by atoms with Gasteiger partial charge in [0.15, 0.2) is 0 Å². The summed E-state index contributed by atoms with van der Waals surface area (Å²) in [7, 11) is 0. The van der Waals surface area contributed by atoms with Crippen LogP contribution in [0.4, 0.5) is 5.82 Å². The van der Waals surface area contributed by atoms with Crippen molar-refractivity contribution < 1.29 is 0 Å². The molecule has 29 heavy (non-hydrogen) atoms. The maximum absolute atomic E-state index is 9.45. The average Bonchev–Trinajstić information content (AvgIpc) is 3.29. The predicted molar refractivity (Wildman–Crippen MR) is 109 cm³/mol. The second kappa shape index (κ2) is 6.76. The molecule has 1 aliphatic heterocycles. The number of nitrogens with one attached hydrogen (secondary N) is 2. The average molecular weight is 389 g/mol. The normalized spacial score (nSPS) is 23.4. The van der Waals surface area contributed by atoms with Crippen molar-refractivity contribution in [3.8, 4) is 17.3 Å². The highest BCUT2D eigenvalue weighted by atomic mass is 15.2. The summed E-state index contributed by atoms with van der Waals surface area (Å²) in [5.74, 6) is 0.482. The van der Waals surface area contributed by atoms with E-state index in [4.69, 9.17) is 16.5 Å². The number of aromatic amines is 1. The number of anilines is 1. The van der Waals surface area contributed by atoms with E-state index >= 15 is 0 Å². The van der Waals surface area contributed by atoms with Gasteiger partial charge in [-0.3, -0.25) is 5.10 Å². The molecule has 9 nitrogen and oxygen atoms in total. The molecule has 2 fully saturated rings. The molecule has 1 saturated carbocycles. The van der Waals surface area contributed by atoms with Gasteiger partial charge >= 0.3 is 0 Å². The highest BCUT2D eigenvalue weighted by molar-refractivity contribution is 5.90. The topological polar surface area (TPSA) is 155 Å². The summed E-state index contributed by atoms with van der Waals surface area (Å²) in [5, 5.41) is 20.2. The molecule has 148 valence electrons. The smallest absolute Gasteiger partial charge is 0.200 e. The van der Waals surface area contributed by atoms with Gasteiger partial charge in [-0.1, -0.05) is 0 Å². The van der Waals surface area contributed by atoms with Crippen LogP contribution >= 0.6 is 0 Å².